The minimum atomic E-state index is 0.762. The maximum absolute atomic E-state index is 4.75. The van der Waals surface area contributed by atoms with Crippen LogP contribution in [0.3, 0.4) is 0 Å². The summed E-state index contributed by atoms with van der Waals surface area (Å²) in [6.45, 7) is 0.762. The average Bonchev–Trinajstić information content (AvgIpc) is 3.46. The molecule has 0 saturated carbocycles. The summed E-state index contributed by atoms with van der Waals surface area (Å²) in [6, 6.07) is 40.7. The lowest BCUT2D eigenvalue weighted by Crippen LogP contribution is -2.23. The van der Waals surface area contributed by atoms with Gasteiger partial charge in [-0.05, 0) is 60.7 Å². The van der Waals surface area contributed by atoms with E-state index in [4.69, 9.17) is 4.98 Å². The van der Waals surface area contributed by atoms with Gasteiger partial charge >= 0.3 is 0 Å². The molecule has 0 saturated heterocycles. The Morgan fingerprint density at radius 3 is 2.03 bits per heavy atom. The molecule has 4 heteroatoms. The fourth-order valence-corrected chi connectivity index (χ4v) is 5.12. The van der Waals surface area contributed by atoms with Gasteiger partial charge in [0.15, 0.2) is 0 Å². The van der Waals surface area contributed by atoms with Crippen LogP contribution in [0.25, 0.3) is 27.6 Å². The first-order valence-corrected chi connectivity index (χ1v) is 11.5. The van der Waals surface area contributed by atoms with Crippen LogP contribution in [0, 0.1) is 0 Å². The first-order valence-electron chi connectivity index (χ1n) is 11.5. The van der Waals surface area contributed by atoms with E-state index in [-0.39, 0.29) is 0 Å². The Hall–Kier alpha value is -4.57. The number of para-hydroxylation sites is 4. The monoisotopic (exact) mass is 438 g/mol. The molecule has 0 fully saturated rings. The molecule has 0 radical (unpaired) electrons. The molecular formula is C30H22N4. The average molecular weight is 439 g/mol. The zero-order chi connectivity index (χ0) is 22.5. The van der Waals surface area contributed by atoms with Crippen molar-refractivity contribution in [1.82, 2.24) is 9.55 Å². The highest BCUT2D eigenvalue weighted by Gasteiger charge is 2.27. The second kappa shape index (κ2) is 7.49. The van der Waals surface area contributed by atoms with Gasteiger partial charge in [-0.2, -0.15) is 0 Å². The van der Waals surface area contributed by atoms with Crippen LogP contribution in [-0.4, -0.2) is 16.2 Å². The van der Waals surface area contributed by atoms with Gasteiger partial charge in [0.05, 0.1) is 16.9 Å². The highest BCUT2D eigenvalue weighted by Crippen LogP contribution is 2.44. The number of anilines is 4. The van der Waals surface area contributed by atoms with Crippen LogP contribution in [0.4, 0.5) is 22.7 Å². The molecule has 2 aromatic heterocycles. The van der Waals surface area contributed by atoms with Gasteiger partial charge in [0.1, 0.15) is 12.3 Å². The Bertz CT molecular complexity index is 1600. The highest BCUT2D eigenvalue weighted by molar-refractivity contribution is 6.07. The smallest absolute Gasteiger partial charge is 0.145 e. The summed E-state index contributed by atoms with van der Waals surface area (Å²) in [7, 11) is 0. The van der Waals surface area contributed by atoms with E-state index < -0.39 is 0 Å². The molecule has 4 aromatic carbocycles. The second-order valence-corrected chi connectivity index (χ2v) is 8.57. The molecule has 1 aliphatic heterocycles. The lowest BCUT2D eigenvalue weighted by molar-refractivity contribution is 0.988. The summed E-state index contributed by atoms with van der Waals surface area (Å²) >= 11 is 0. The number of hydrogen-bond acceptors (Lipinski definition) is 3. The summed E-state index contributed by atoms with van der Waals surface area (Å²) in [5, 5.41) is 2.39. The van der Waals surface area contributed by atoms with Gasteiger partial charge < -0.3 is 9.80 Å². The van der Waals surface area contributed by atoms with Crippen LogP contribution in [0.15, 0.2) is 121 Å². The molecule has 0 unspecified atom stereocenters. The van der Waals surface area contributed by atoms with Gasteiger partial charge in [0, 0.05) is 34.0 Å². The Morgan fingerprint density at radius 2 is 1.18 bits per heavy atom. The third kappa shape index (κ3) is 2.82. The van der Waals surface area contributed by atoms with Crippen molar-refractivity contribution in [3.63, 3.8) is 0 Å². The molecule has 4 nitrogen and oxygen atoms in total. The summed E-state index contributed by atoms with van der Waals surface area (Å²) < 4.78 is 2.27. The van der Waals surface area contributed by atoms with Gasteiger partial charge in [-0.15, -0.1) is 0 Å². The molecule has 6 aromatic rings. The third-order valence-corrected chi connectivity index (χ3v) is 6.65. The Balaban J connectivity index is 1.38. The maximum atomic E-state index is 4.75. The minimum absolute atomic E-state index is 0.762. The fraction of sp³-hybridized carbons (Fsp3) is 0.0333. The number of nitrogens with zero attached hydrogens (tertiary/aromatic N) is 4. The van der Waals surface area contributed by atoms with Gasteiger partial charge in [-0.3, -0.25) is 4.57 Å². The zero-order valence-electron chi connectivity index (χ0n) is 18.5. The third-order valence-electron chi connectivity index (χ3n) is 6.65. The number of fused-ring (bicyclic) bond motifs is 4. The lowest BCUT2D eigenvalue weighted by Gasteiger charge is -2.22. The van der Waals surface area contributed by atoms with Gasteiger partial charge in [0.25, 0.3) is 0 Å². The van der Waals surface area contributed by atoms with E-state index in [2.05, 4.69) is 124 Å². The zero-order valence-corrected chi connectivity index (χ0v) is 18.5. The largest absolute Gasteiger partial charge is 0.321 e. The van der Waals surface area contributed by atoms with Crippen molar-refractivity contribution in [3.05, 3.63) is 121 Å². The van der Waals surface area contributed by atoms with Crippen LogP contribution in [-0.2, 0) is 0 Å². The van der Waals surface area contributed by atoms with Gasteiger partial charge in [-0.25, -0.2) is 4.98 Å². The van der Waals surface area contributed by atoms with Crippen LogP contribution in [0.1, 0.15) is 0 Å². The van der Waals surface area contributed by atoms with E-state index in [1.165, 1.54) is 33.4 Å². The van der Waals surface area contributed by atoms with Crippen LogP contribution >= 0.6 is 0 Å². The molecule has 3 heterocycles. The quantitative estimate of drug-likeness (QED) is 0.287. The first kappa shape index (κ1) is 18.9. The summed E-state index contributed by atoms with van der Waals surface area (Å²) in [4.78, 5) is 9.50. The summed E-state index contributed by atoms with van der Waals surface area (Å²) in [5.41, 5.74) is 8.04. The van der Waals surface area contributed by atoms with Gasteiger partial charge in [-0.1, -0.05) is 54.6 Å². The minimum Gasteiger partial charge on any atom is -0.321 e. The maximum Gasteiger partial charge on any atom is 0.145 e. The number of hydrogen-bond donors (Lipinski definition) is 0. The number of rotatable bonds is 3. The van der Waals surface area contributed by atoms with E-state index in [1.807, 2.05) is 12.3 Å². The molecule has 0 bridgehead atoms. The second-order valence-electron chi connectivity index (χ2n) is 8.57. The molecule has 0 aliphatic carbocycles. The Kier molecular flexibility index (Phi) is 4.18. The van der Waals surface area contributed by atoms with Crippen LogP contribution in [0.5, 0.6) is 0 Å². The predicted molar refractivity (Wildman–Crippen MR) is 141 cm³/mol. The predicted octanol–water partition coefficient (Wildman–Crippen LogP) is 7.43. The highest BCUT2D eigenvalue weighted by atomic mass is 15.4. The molecular weight excluding hydrogens is 416 g/mol. The Labute approximate surface area is 197 Å². The van der Waals surface area contributed by atoms with E-state index in [0.717, 1.165) is 23.7 Å². The molecule has 7 rings (SSSR count). The number of benzene rings is 4. The van der Waals surface area contributed by atoms with Crippen molar-refractivity contribution in [2.24, 2.45) is 0 Å². The van der Waals surface area contributed by atoms with Crippen molar-refractivity contribution in [3.8, 4) is 5.69 Å². The first-order chi connectivity index (χ1) is 16.9. The van der Waals surface area contributed by atoms with E-state index in [9.17, 15) is 0 Å². The topological polar surface area (TPSA) is 24.3 Å². The molecule has 0 amide bonds. The van der Waals surface area contributed by atoms with E-state index in [1.54, 1.807) is 0 Å². The molecule has 0 N–H and O–H groups in total. The molecule has 162 valence electrons. The Morgan fingerprint density at radius 1 is 0.529 bits per heavy atom. The SMILES string of the molecule is c1ccc(N2CN(c3cccc(-n4c5ccccc5c5cccnc54)c3)c3ccccc32)cc1. The fourth-order valence-electron chi connectivity index (χ4n) is 5.12. The molecule has 0 spiro atoms. The molecule has 34 heavy (non-hydrogen) atoms. The summed E-state index contributed by atoms with van der Waals surface area (Å²) in [6.07, 6.45) is 1.87. The van der Waals surface area contributed by atoms with Crippen molar-refractivity contribution in [2.45, 2.75) is 0 Å². The van der Waals surface area contributed by atoms with Crippen molar-refractivity contribution in [2.75, 3.05) is 16.5 Å². The van der Waals surface area contributed by atoms with E-state index in [0.29, 0.717) is 0 Å². The number of aromatic nitrogens is 2. The van der Waals surface area contributed by atoms with Crippen molar-refractivity contribution in [1.29, 1.82) is 0 Å². The standard InChI is InChI=1S/C30H22N4/c1-2-10-22(11-3-1)32-21-33(29-18-7-6-17-28(29)32)23-12-8-13-24(20-23)34-27-16-5-4-14-25(27)26-15-9-19-31-30(26)34/h1-20H,21H2. The van der Waals surface area contributed by atoms with E-state index >= 15 is 0 Å². The molecule has 1 aliphatic rings. The molecule has 0 atom stereocenters. The lowest BCUT2D eigenvalue weighted by atomic mass is 10.2. The van der Waals surface area contributed by atoms with Crippen molar-refractivity contribution < 1.29 is 0 Å². The number of pyridine rings is 1. The van der Waals surface area contributed by atoms with Crippen LogP contribution in [0.2, 0.25) is 0 Å². The van der Waals surface area contributed by atoms with Crippen LogP contribution < -0.4 is 9.80 Å². The normalized spacial score (nSPS) is 13.1. The van der Waals surface area contributed by atoms with Crippen molar-refractivity contribution >= 4 is 44.7 Å². The van der Waals surface area contributed by atoms with Gasteiger partial charge in [0.2, 0.25) is 0 Å². The summed E-state index contributed by atoms with van der Waals surface area (Å²) in [5.74, 6) is 0.